The first-order valence-electron chi connectivity index (χ1n) is 6.08. The lowest BCUT2D eigenvalue weighted by molar-refractivity contribution is 0.397. The van der Waals surface area contributed by atoms with Crippen molar-refractivity contribution in [2.24, 2.45) is 5.73 Å². The number of sulfone groups is 1. The molecular weight excluding hydrogens is 319 g/mol. The van der Waals surface area contributed by atoms with Crippen molar-refractivity contribution in [1.29, 1.82) is 0 Å². The van der Waals surface area contributed by atoms with Gasteiger partial charge in [-0.15, -0.1) is 0 Å². The van der Waals surface area contributed by atoms with Gasteiger partial charge in [0.1, 0.15) is 0 Å². The molecule has 0 saturated heterocycles. The topological polar surface area (TPSA) is 85.9 Å². The van der Waals surface area contributed by atoms with Crippen LogP contribution in [0.1, 0.15) is 23.0 Å². The first kappa shape index (κ1) is 16.4. The lowest BCUT2D eigenvalue weighted by atomic mass is 10.1. The van der Waals surface area contributed by atoms with Crippen LogP contribution in [0.4, 0.5) is 13.2 Å². The smallest absolute Gasteiger partial charge is 0.255 e. The molecule has 0 aliphatic heterocycles. The van der Waals surface area contributed by atoms with Crippen molar-refractivity contribution in [2.45, 2.75) is 11.8 Å². The number of rotatable bonds is 4. The Balaban J connectivity index is 2.28. The fourth-order valence-electron chi connectivity index (χ4n) is 1.82. The molecule has 2 N–H and O–H groups in total. The highest BCUT2D eigenvalue weighted by atomic mass is 32.2. The Morgan fingerprint density at radius 3 is 2.05 bits per heavy atom. The molecule has 1 atom stereocenters. The predicted octanol–water partition coefficient (Wildman–Crippen LogP) is 1.49. The van der Waals surface area contributed by atoms with Crippen molar-refractivity contribution in [3.63, 3.8) is 0 Å². The third-order valence-electron chi connectivity index (χ3n) is 2.83. The number of benzene rings is 1. The second-order valence-electron chi connectivity index (χ2n) is 4.77. The van der Waals surface area contributed by atoms with Gasteiger partial charge in [0.25, 0.3) is 11.9 Å². The lowest BCUT2D eigenvalue weighted by Crippen LogP contribution is -2.18. The number of nitrogens with zero attached hydrogens (tertiary/aromatic N) is 2. The van der Waals surface area contributed by atoms with Crippen LogP contribution in [0.2, 0.25) is 0 Å². The number of hydrogen-bond acceptors (Lipinski definition) is 5. The first-order chi connectivity index (χ1) is 10.2. The van der Waals surface area contributed by atoms with Gasteiger partial charge in [-0.3, -0.25) is 0 Å². The lowest BCUT2D eigenvalue weighted by Gasteiger charge is -2.11. The highest BCUT2D eigenvalue weighted by molar-refractivity contribution is 7.89. The summed E-state index contributed by atoms with van der Waals surface area (Å²) in [5.74, 6) is -5.55. The zero-order valence-corrected chi connectivity index (χ0v) is 12.2. The van der Waals surface area contributed by atoms with Crippen LogP contribution in [0.25, 0.3) is 0 Å². The Morgan fingerprint density at radius 2 is 1.59 bits per heavy atom. The summed E-state index contributed by atoms with van der Waals surface area (Å²) < 4.78 is 61.3. The van der Waals surface area contributed by atoms with Crippen molar-refractivity contribution in [1.82, 2.24) is 9.97 Å². The van der Waals surface area contributed by atoms with Crippen LogP contribution in [-0.4, -0.2) is 24.6 Å². The van der Waals surface area contributed by atoms with Crippen LogP contribution >= 0.6 is 0 Å². The molecule has 0 fully saturated rings. The van der Waals surface area contributed by atoms with Crippen LogP contribution in [0.15, 0.2) is 24.3 Å². The maximum absolute atomic E-state index is 13.1. The SMILES string of the molecule is CS(=O)(=O)Cc1ccc(C(N)c2nc(F)c(F)c(F)n2)cc1. The molecule has 0 radical (unpaired) electrons. The van der Waals surface area contributed by atoms with E-state index in [-0.39, 0.29) is 5.75 Å². The monoisotopic (exact) mass is 331 g/mol. The second kappa shape index (κ2) is 6.01. The molecule has 0 spiro atoms. The fraction of sp³-hybridized carbons (Fsp3) is 0.231. The van der Waals surface area contributed by atoms with Crippen molar-refractivity contribution in [3.05, 3.63) is 58.9 Å². The molecular formula is C13H12F3N3O2S. The van der Waals surface area contributed by atoms with Crippen LogP contribution in [0.3, 0.4) is 0 Å². The molecule has 5 nitrogen and oxygen atoms in total. The Labute approximate surface area is 124 Å². The van der Waals surface area contributed by atoms with E-state index in [0.29, 0.717) is 11.1 Å². The van der Waals surface area contributed by atoms with E-state index in [0.717, 1.165) is 6.26 Å². The molecule has 2 rings (SSSR count). The van der Waals surface area contributed by atoms with E-state index < -0.39 is 39.4 Å². The molecule has 0 aliphatic carbocycles. The van der Waals surface area contributed by atoms with Crippen molar-refractivity contribution in [3.8, 4) is 0 Å². The van der Waals surface area contributed by atoms with Crippen LogP contribution in [0.5, 0.6) is 0 Å². The molecule has 22 heavy (non-hydrogen) atoms. The minimum absolute atomic E-state index is 0.140. The molecule has 1 unspecified atom stereocenters. The molecule has 118 valence electrons. The van der Waals surface area contributed by atoms with Gasteiger partial charge in [0.2, 0.25) is 5.82 Å². The Hall–Kier alpha value is -2.00. The molecule has 0 amide bonds. The summed E-state index contributed by atoms with van der Waals surface area (Å²) in [5.41, 5.74) is 6.73. The van der Waals surface area contributed by atoms with Gasteiger partial charge in [-0.1, -0.05) is 24.3 Å². The minimum Gasteiger partial charge on any atom is -0.318 e. The van der Waals surface area contributed by atoms with Gasteiger partial charge in [-0.25, -0.2) is 8.42 Å². The zero-order chi connectivity index (χ0) is 16.5. The van der Waals surface area contributed by atoms with E-state index in [1.807, 2.05) is 0 Å². The van der Waals surface area contributed by atoms with Crippen molar-refractivity contribution >= 4 is 9.84 Å². The highest BCUT2D eigenvalue weighted by Crippen LogP contribution is 2.19. The van der Waals surface area contributed by atoms with Crippen LogP contribution in [0, 0.1) is 17.7 Å². The zero-order valence-electron chi connectivity index (χ0n) is 11.4. The van der Waals surface area contributed by atoms with Crippen LogP contribution in [-0.2, 0) is 15.6 Å². The molecule has 0 saturated carbocycles. The Bertz CT molecular complexity index is 772. The van der Waals surface area contributed by atoms with E-state index in [4.69, 9.17) is 5.73 Å². The maximum atomic E-state index is 13.1. The molecule has 2 aromatic rings. The summed E-state index contributed by atoms with van der Waals surface area (Å²) in [4.78, 5) is 6.36. The summed E-state index contributed by atoms with van der Waals surface area (Å²) in [5, 5.41) is 0. The molecule has 1 aromatic carbocycles. The van der Waals surface area contributed by atoms with Gasteiger partial charge in [-0.2, -0.15) is 23.1 Å². The Kier molecular flexibility index (Phi) is 4.47. The standard InChI is InChI=1S/C13H12F3N3O2S/c1-22(20,21)6-7-2-4-8(5-3-7)10(17)13-18-11(15)9(14)12(16)19-13/h2-5,10H,6,17H2,1H3. The van der Waals surface area contributed by atoms with Gasteiger partial charge in [0, 0.05) is 6.26 Å². The molecule has 1 aromatic heterocycles. The van der Waals surface area contributed by atoms with Gasteiger partial charge < -0.3 is 5.73 Å². The van der Waals surface area contributed by atoms with E-state index in [1.165, 1.54) is 24.3 Å². The van der Waals surface area contributed by atoms with Gasteiger partial charge in [0.15, 0.2) is 15.7 Å². The summed E-state index contributed by atoms with van der Waals surface area (Å²) in [6.45, 7) is 0. The second-order valence-corrected chi connectivity index (χ2v) is 6.91. The average Bonchev–Trinajstić information content (AvgIpc) is 2.42. The molecule has 1 heterocycles. The van der Waals surface area contributed by atoms with Gasteiger partial charge >= 0.3 is 0 Å². The van der Waals surface area contributed by atoms with Crippen molar-refractivity contribution < 1.29 is 21.6 Å². The number of nitrogens with two attached hydrogens (primary N) is 1. The third kappa shape index (κ3) is 3.80. The van der Waals surface area contributed by atoms with E-state index in [1.54, 1.807) is 0 Å². The normalized spacial score (nSPS) is 13.1. The van der Waals surface area contributed by atoms with Crippen molar-refractivity contribution in [2.75, 3.05) is 6.26 Å². The number of hydrogen-bond donors (Lipinski definition) is 1. The summed E-state index contributed by atoms with van der Waals surface area (Å²) in [7, 11) is -3.18. The van der Waals surface area contributed by atoms with Gasteiger partial charge in [-0.05, 0) is 11.1 Å². The largest absolute Gasteiger partial charge is 0.318 e. The molecule has 0 aliphatic rings. The van der Waals surface area contributed by atoms with Crippen LogP contribution < -0.4 is 5.73 Å². The predicted molar refractivity (Wildman–Crippen MR) is 72.9 cm³/mol. The maximum Gasteiger partial charge on any atom is 0.255 e. The summed E-state index contributed by atoms with van der Waals surface area (Å²) in [6, 6.07) is 4.96. The first-order valence-corrected chi connectivity index (χ1v) is 8.14. The average molecular weight is 331 g/mol. The number of aromatic nitrogens is 2. The quantitative estimate of drug-likeness (QED) is 0.858. The van der Waals surface area contributed by atoms with E-state index >= 15 is 0 Å². The summed E-state index contributed by atoms with van der Waals surface area (Å²) in [6.07, 6.45) is 1.10. The fourth-order valence-corrected chi connectivity index (χ4v) is 2.62. The Morgan fingerprint density at radius 1 is 1.09 bits per heavy atom. The van der Waals surface area contributed by atoms with Gasteiger partial charge in [0.05, 0.1) is 11.8 Å². The molecule has 0 bridgehead atoms. The minimum atomic E-state index is -3.18. The van der Waals surface area contributed by atoms with E-state index in [2.05, 4.69) is 9.97 Å². The third-order valence-corrected chi connectivity index (χ3v) is 3.69. The highest BCUT2D eigenvalue weighted by Gasteiger charge is 2.19. The molecule has 9 heteroatoms. The number of halogens is 3. The van der Waals surface area contributed by atoms with E-state index in [9.17, 15) is 21.6 Å². The summed E-state index contributed by atoms with van der Waals surface area (Å²) >= 11 is 0.